The molecule has 2 aromatic heterocycles. The number of benzene rings is 1. The zero-order valence-corrected chi connectivity index (χ0v) is 14.8. The van der Waals surface area contributed by atoms with E-state index in [1.165, 1.54) is 11.1 Å². The van der Waals surface area contributed by atoms with Crippen LogP contribution in [0.15, 0.2) is 30.9 Å². The Morgan fingerprint density at radius 2 is 1.96 bits per heavy atom. The molecule has 3 aromatic rings. The van der Waals surface area contributed by atoms with Crippen molar-refractivity contribution in [1.82, 2.24) is 24.0 Å². The van der Waals surface area contributed by atoms with Crippen molar-refractivity contribution in [1.29, 1.82) is 0 Å². The zero-order chi connectivity index (χ0) is 17.3. The van der Waals surface area contributed by atoms with Crippen molar-refractivity contribution in [2.45, 2.75) is 33.0 Å². The van der Waals surface area contributed by atoms with Gasteiger partial charge in [-0.15, -0.1) is 0 Å². The smallest absolute Gasteiger partial charge is 0.122 e. The molecular formula is C18H25N5O. The summed E-state index contributed by atoms with van der Waals surface area (Å²) in [6.07, 6.45) is 5.07. The Hall–Kier alpha value is -2.18. The molecule has 1 atom stereocenters. The van der Waals surface area contributed by atoms with E-state index < -0.39 is 6.10 Å². The highest BCUT2D eigenvalue weighted by Crippen LogP contribution is 2.18. The molecule has 24 heavy (non-hydrogen) atoms. The lowest BCUT2D eigenvalue weighted by atomic mass is 10.1. The molecule has 0 saturated carbocycles. The number of hydrogen-bond donors (Lipinski definition) is 1. The van der Waals surface area contributed by atoms with Crippen LogP contribution in [0.2, 0.25) is 0 Å². The molecule has 0 bridgehead atoms. The molecule has 1 unspecified atom stereocenters. The minimum absolute atomic E-state index is 0.464. The SMILES string of the molecule is Cc1cc2ncn(CC(O)CN(C)Cc3nccn3C)c2cc1C. The van der Waals surface area contributed by atoms with Gasteiger partial charge < -0.3 is 14.2 Å². The summed E-state index contributed by atoms with van der Waals surface area (Å²) < 4.78 is 4.03. The first-order valence-corrected chi connectivity index (χ1v) is 8.19. The van der Waals surface area contributed by atoms with Crippen LogP contribution in [0.5, 0.6) is 0 Å². The minimum atomic E-state index is -0.464. The van der Waals surface area contributed by atoms with Gasteiger partial charge in [-0.2, -0.15) is 0 Å². The normalized spacial score (nSPS) is 13.1. The van der Waals surface area contributed by atoms with Crippen LogP contribution < -0.4 is 0 Å². The summed E-state index contributed by atoms with van der Waals surface area (Å²) in [7, 11) is 3.98. The maximum Gasteiger partial charge on any atom is 0.122 e. The topological polar surface area (TPSA) is 59.1 Å². The number of likely N-dealkylation sites (N-methyl/N-ethyl adjacent to an activating group) is 1. The highest BCUT2D eigenvalue weighted by Gasteiger charge is 2.13. The predicted molar refractivity (Wildman–Crippen MR) is 94.8 cm³/mol. The van der Waals surface area contributed by atoms with Crippen LogP contribution in [0, 0.1) is 13.8 Å². The summed E-state index contributed by atoms with van der Waals surface area (Å²) in [5.74, 6) is 0.990. The maximum atomic E-state index is 10.5. The fourth-order valence-electron chi connectivity index (χ4n) is 2.96. The maximum absolute atomic E-state index is 10.5. The molecular weight excluding hydrogens is 302 g/mol. The third-order valence-electron chi connectivity index (χ3n) is 4.50. The highest BCUT2D eigenvalue weighted by molar-refractivity contribution is 5.77. The van der Waals surface area contributed by atoms with E-state index in [1.54, 1.807) is 6.20 Å². The van der Waals surface area contributed by atoms with E-state index in [-0.39, 0.29) is 0 Å². The first kappa shape index (κ1) is 16.7. The Labute approximate surface area is 142 Å². The Balaban J connectivity index is 1.65. The molecule has 128 valence electrons. The van der Waals surface area contributed by atoms with Gasteiger partial charge in [0, 0.05) is 26.0 Å². The van der Waals surface area contributed by atoms with E-state index in [1.807, 2.05) is 35.8 Å². The Bertz CT molecular complexity index is 835. The molecule has 0 saturated heterocycles. The number of imidazole rings is 2. The monoisotopic (exact) mass is 327 g/mol. The van der Waals surface area contributed by atoms with Crippen LogP contribution >= 0.6 is 0 Å². The highest BCUT2D eigenvalue weighted by atomic mass is 16.3. The average Bonchev–Trinajstić information content (AvgIpc) is 3.07. The lowest BCUT2D eigenvalue weighted by Gasteiger charge is -2.20. The van der Waals surface area contributed by atoms with E-state index >= 15 is 0 Å². The van der Waals surface area contributed by atoms with Gasteiger partial charge in [0.1, 0.15) is 5.82 Å². The van der Waals surface area contributed by atoms with E-state index in [4.69, 9.17) is 0 Å². The number of nitrogens with zero attached hydrogens (tertiary/aromatic N) is 5. The molecule has 0 aliphatic heterocycles. The summed E-state index contributed by atoms with van der Waals surface area (Å²) in [6, 6.07) is 4.24. The van der Waals surface area contributed by atoms with Crippen molar-refractivity contribution in [3.63, 3.8) is 0 Å². The molecule has 6 nitrogen and oxygen atoms in total. The third-order valence-corrected chi connectivity index (χ3v) is 4.50. The van der Waals surface area contributed by atoms with Crippen LogP contribution in [0.1, 0.15) is 17.0 Å². The lowest BCUT2D eigenvalue weighted by molar-refractivity contribution is 0.107. The zero-order valence-electron chi connectivity index (χ0n) is 14.8. The van der Waals surface area contributed by atoms with E-state index in [2.05, 4.69) is 40.8 Å². The number of rotatable bonds is 6. The van der Waals surface area contributed by atoms with Crippen LogP contribution in [0.25, 0.3) is 11.0 Å². The van der Waals surface area contributed by atoms with Gasteiger partial charge in [0.05, 0.1) is 36.6 Å². The van der Waals surface area contributed by atoms with Crippen LogP contribution in [-0.2, 0) is 20.1 Å². The van der Waals surface area contributed by atoms with Crippen LogP contribution in [-0.4, -0.2) is 48.8 Å². The fourth-order valence-corrected chi connectivity index (χ4v) is 2.96. The van der Waals surface area contributed by atoms with Gasteiger partial charge in [-0.05, 0) is 44.2 Å². The molecule has 0 aliphatic rings. The van der Waals surface area contributed by atoms with Crippen molar-refractivity contribution in [3.05, 3.63) is 47.8 Å². The molecule has 1 aromatic carbocycles. The van der Waals surface area contributed by atoms with Gasteiger partial charge in [-0.3, -0.25) is 4.90 Å². The molecule has 0 radical (unpaired) electrons. The van der Waals surface area contributed by atoms with Crippen molar-refractivity contribution >= 4 is 11.0 Å². The Kier molecular flexibility index (Phi) is 4.69. The second kappa shape index (κ2) is 6.75. The molecule has 3 rings (SSSR count). The number of hydrogen-bond acceptors (Lipinski definition) is 4. The summed E-state index contributed by atoms with van der Waals surface area (Å²) in [6.45, 7) is 6.02. The summed E-state index contributed by atoms with van der Waals surface area (Å²) >= 11 is 0. The minimum Gasteiger partial charge on any atom is -0.390 e. The molecule has 1 N–H and O–H groups in total. The number of aliphatic hydroxyl groups is 1. The Morgan fingerprint density at radius 1 is 1.21 bits per heavy atom. The van der Waals surface area contributed by atoms with E-state index in [0.717, 1.165) is 16.9 Å². The number of aliphatic hydroxyl groups excluding tert-OH is 1. The number of aryl methyl sites for hydroxylation is 3. The number of aromatic nitrogens is 4. The van der Waals surface area contributed by atoms with E-state index in [0.29, 0.717) is 19.6 Å². The average molecular weight is 327 g/mol. The van der Waals surface area contributed by atoms with Gasteiger partial charge in [0.25, 0.3) is 0 Å². The molecule has 0 fully saturated rings. The molecule has 0 aliphatic carbocycles. The standard InChI is InChI=1S/C18H25N5O/c1-13-7-16-17(8-14(13)2)23(12-20-16)10-15(24)9-21(3)11-18-19-5-6-22(18)4/h5-8,12,15,24H,9-11H2,1-4H3. The quantitative estimate of drug-likeness (QED) is 0.751. The molecule has 0 amide bonds. The van der Waals surface area contributed by atoms with E-state index in [9.17, 15) is 5.11 Å². The predicted octanol–water partition coefficient (Wildman–Crippen LogP) is 1.88. The van der Waals surface area contributed by atoms with Gasteiger partial charge in [0.2, 0.25) is 0 Å². The van der Waals surface area contributed by atoms with Gasteiger partial charge in [0.15, 0.2) is 0 Å². The van der Waals surface area contributed by atoms with Crippen molar-refractivity contribution < 1.29 is 5.11 Å². The molecule has 2 heterocycles. The summed E-state index contributed by atoms with van der Waals surface area (Å²) in [5, 5.41) is 10.5. The Morgan fingerprint density at radius 3 is 2.67 bits per heavy atom. The fraction of sp³-hybridized carbons (Fsp3) is 0.444. The molecule has 0 spiro atoms. The van der Waals surface area contributed by atoms with Crippen molar-refractivity contribution in [2.75, 3.05) is 13.6 Å². The van der Waals surface area contributed by atoms with Gasteiger partial charge in [-0.25, -0.2) is 9.97 Å². The third kappa shape index (κ3) is 3.49. The molecule has 6 heteroatoms. The first-order valence-electron chi connectivity index (χ1n) is 8.19. The van der Waals surface area contributed by atoms with Gasteiger partial charge >= 0.3 is 0 Å². The van der Waals surface area contributed by atoms with Gasteiger partial charge in [-0.1, -0.05) is 0 Å². The van der Waals surface area contributed by atoms with Crippen molar-refractivity contribution in [2.24, 2.45) is 7.05 Å². The summed E-state index contributed by atoms with van der Waals surface area (Å²) in [4.78, 5) is 10.9. The lowest BCUT2D eigenvalue weighted by Crippen LogP contribution is -2.32. The van der Waals surface area contributed by atoms with Crippen LogP contribution in [0.3, 0.4) is 0 Å². The summed E-state index contributed by atoms with van der Waals surface area (Å²) in [5.41, 5.74) is 4.53. The first-order chi connectivity index (χ1) is 11.4. The second-order valence-electron chi connectivity index (χ2n) is 6.63. The second-order valence-corrected chi connectivity index (χ2v) is 6.63. The largest absolute Gasteiger partial charge is 0.390 e. The van der Waals surface area contributed by atoms with Crippen molar-refractivity contribution in [3.8, 4) is 0 Å². The number of fused-ring (bicyclic) bond motifs is 1. The van der Waals surface area contributed by atoms with Crippen LogP contribution in [0.4, 0.5) is 0 Å².